The van der Waals surface area contributed by atoms with E-state index < -0.39 is 11.7 Å². The number of fused-ring (bicyclic) bond motifs is 2. The van der Waals surface area contributed by atoms with E-state index in [0.717, 1.165) is 81.4 Å². The molecule has 0 spiro atoms. The molecule has 5 nitrogen and oxygen atoms in total. The number of halogens is 3. The number of carbonyl (C=O) groups excluding carboxylic acids is 2. The highest BCUT2D eigenvalue weighted by atomic mass is 19.4. The lowest BCUT2D eigenvalue weighted by atomic mass is 9.89. The Balaban J connectivity index is 0.968. The fourth-order valence-electron chi connectivity index (χ4n) is 6.60. The Morgan fingerprint density at radius 2 is 1.33 bits per heavy atom. The van der Waals surface area contributed by atoms with Gasteiger partial charge < -0.3 is 9.47 Å². The fraction of sp³-hybridized carbons (Fsp3) is 0.371. The maximum atomic E-state index is 13.0. The van der Waals surface area contributed by atoms with Crippen molar-refractivity contribution in [2.45, 2.75) is 57.2 Å². The van der Waals surface area contributed by atoms with Gasteiger partial charge in [0.1, 0.15) is 0 Å². The summed E-state index contributed by atoms with van der Waals surface area (Å²) in [6.07, 6.45) is 4.01. The topological polar surface area (TPSA) is 45.6 Å². The predicted molar refractivity (Wildman–Crippen MR) is 161 cm³/mol. The summed E-state index contributed by atoms with van der Waals surface area (Å²) in [7, 11) is 0. The normalized spacial score (nSPS) is 16.4. The third-order valence-electron chi connectivity index (χ3n) is 8.97. The van der Waals surface area contributed by atoms with Crippen molar-refractivity contribution in [2.75, 3.05) is 26.2 Å². The molecule has 0 atom stereocenters. The summed E-state index contributed by atoms with van der Waals surface area (Å²) in [5.41, 5.74) is 3.69. The smallest absolute Gasteiger partial charge is 0.343 e. The van der Waals surface area contributed by atoms with E-state index in [4.69, 9.17) is 0 Å². The molecule has 2 aliphatic rings. The minimum atomic E-state index is -4.33. The van der Waals surface area contributed by atoms with Crippen LogP contribution >= 0.6 is 0 Å². The maximum Gasteiger partial charge on any atom is 0.416 e. The average molecular weight is 588 g/mol. The van der Waals surface area contributed by atoms with Gasteiger partial charge in [-0.1, -0.05) is 55.3 Å². The lowest BCUT2D eigenvalue weighted by Gasteiger charge is -2.32. The number of amides is 2. The highest BCUT2D eigenvalue weighted by molar-refractivity contribution is 6.21. The van der Waals surface area contributed by atoms with Crippen LogP contribution in [-0.2, 0) is 12.7 Å². The zero-order chi connectivity index (χ0) is 30.0. The van der Waals surface area contributed by atoms with E-state index in [1.807, 2.05) is 6.07 Å². The number of benzene rings is 3. The Morgan fingerprint density at radius 3 is 1.98 bits per heavy atom. The van der Waals surface area contributed by atoms with Crippen LogP contribution < -0.4 is 0 Å². The molecule has 0 bridgehead atoms. The van der Waals surface area contributed by atoms with Crippen LogP contribution in [0.15, 0.2) is 79.0 Å². The number of hydrogen-bond acceptors (Lipinski definition) is 3. The summed E-state index contributed by atoms with van der Waals surface area (Å²) in [5.74, 6) is 0.104. The van der Waals surface area contributed by atoms with Crippen LogP contribution in [0.25, 0.3) is 10.9 Å². The second-order valence-corrected chi connectivity index (χ2v) is 11.8. The largest absolute Gasteiger partial charge is 0.416 e. The van der Waals surface area contributed by atoms with Crippen molar-refractivity contribution >= 4 is 22.7 Å². The molecule has 1 saturated heterocycles. The zero-order valence-corrected chi connectivity index (χ0v) is 24.2. The first kappa shape index (κ1) is 29.2. The summed E-state index contributed by atoms with van der Waals surface area (Å²) in [5, 5.41) is 1.23. The minimum Gasteiger partial charge on any atom is -0.343 e. The number of unbranched alkanes of at least 4 members (excludes halogenated alkanes) is 3. The molecule has 2 amide bonds. The van der Waals surface area contributed by atoms with Crippen LogP contribution in [0.3, 0.4) is 0 Å². The third kappa shape index (κ3) is 6.25. The monoisotopic (exact) mass is 587 g/mol. The molecule has 0 N–H and O–H groups in total. The van der Waals surface area contributed by atoms with E-state index in [-0.39, 0.29) is 11.8 Å². The summed E-state index contributed by atoms with van der Waals surface area (Å²) >= 11 is 0. The van der Waals surface area contributed by atoms with Crippen molar-refractivity contribution in [1.29, 1.82) is 0 Å². The molecule has 8 heteroatoms. The van der Waals surface area contributed by atoms with Gasteiger partial charge in [-0.2, -0.15) is 13.2 Å². The highest BCUT2D eigenvalue weighted by Gasteiger charge is 2.34. The molecule has 6 rings (SSSR count). The Labute approximate surface area is 249 Å². The van der Waals surface area contributed by atoms with E-state index >= 15 is 0 Å². The van der Waals surface area contributed by atoms with E-state index in [0.29, 0.717) is 30.1 Å². The Morgan fingerprint density at radius 1 is 0.721 bits per heavy atom. The van der Waals surface area contributed by atoms with Gasteiger partial charge in [-0.3, -0.25) is 14.5 Å². The Bertz CT molecular complexity index is 1570. The van der Waals surface area contributed by atoms with Gasteiger partial charge in [0, 0.05) is 30.2 Å². The molecule has 0 aliphatic carbocycles. The lowest BCUT2D eigenvalue weighted by Crippen LogP contribution is -2.33. The number of aromatic nitrogens is 1. The molecule has 3 aromatic carbocycles. The van der Waals surface area contributed by atoms with Crippen molar-refractivity contribution in [3.63, 3.8) is 0 Å². The van der Waals surface area contributed by atoms with E-state index in [1.54, 1.807) is 36.4 Å². The van der Waals surface area contributed by atoms with Gasteiger partial charge in [0.25, 0.3) is 11.8 Å². The lowest BCUT2D eigenvalue weighted by molar-refractivity contribution is -0.137. The number of para-hydroxylation sites is 1. The Kier molecular flexibility index (Phi) is 8.39. The molecule has 43 heavy (non-hydrogen) atoms. The number of alkyl halides is 3. The number of rotatable bonds is 10. The number of imide groups is 1. The maximum absolute atomic E-state index is 13.0. The standard InChI is InChI=1S/C35H36F3N3O2/c36-35(37,38)27-15-13-25(14-16-27)23-40-24-31(28-9-5-6-12-32(28)40)26-17-21-39(22-18-26)19-7-1-2-8-20-41-33(42)29-10-3-4-11-30(29)34(41)43/h3-6,9-16,24,26H,1-2,7-8,17-23H2. The number of carbonyl (C=O) groups is 2. The summed E-state index contributed by atoms with van der Waals surface area (Å²) in [6, 6.07) is 20.8. The van der Waals surface area contributed by atoms with Crippen molar-refractivity contribution in [3.8, 4) is 0 Å². The first-order valence-corrected chi connectivity index (χ1v) is 15.2. The van der Waals surface area contributed by atoms with Gasteiger partial charge in [-0.25, -0.2) is 0 Å². The zero-order valence-electron chi connectivity index (χ0n) is 24.2. The molecule has 2 aliphatic heterocycles. The predicted octanol–water partition coefficient (Wildman–Crippen LogP) is 7.74. The molecule has 4 aromatic rings. The van der Waals surface area contributed by atoms with E-state index in [1.165, 1.54) is 15.8 Å². The van der Waals surface area contributed by atoms with Crippen LogP contribution in [0, 0.1) is 0 Å². The summed E-state index contributed by atoms with van der Waals surface area (Å²) < 4.78 is 41.2. The molecule has 3 heterocycles. The van der Waals surface area contributed by atoms with Gasteiger partial charge in [-0.05, 0) is 92.7 Å². The van der Waals surface area contributed by atoms with Crippen LogP contribution in [0.2, 0.25) is 0 Å². The van der Waals surface area contributed by atoms with Crippen molar-refractivity contribution in [3.05, 3.63) is 107 Å². The van der Waals surface area contributed by atoms with Gasteiger partial charge in [0.15, 0.2) is 0 Å². The Hall–Kier alpha value is -3.91. The molecule has 0 saturated carbocycles. The van der Waals surface area contributed by atoms with E-state index in [9.17, 15) is 22.8 Å². The van der Waals surface area contributed by atoms with Gasteiger partial charge >= 0.3 is 6.18 Å². The summed E-state index contributed by atoms with van der Waals surface area (Å²) in [4.78, 5) is 29.0. The van der Waals surface area contributed by atoms with E-state index in [2.05, 4.69) is 33.9 Å². The van der Waals surface area contributed by atoms with Crippen LogP contribution in [-0.4, -0.2) is 52.4 Å². The third-order valence-corrected chi connectivity index (χ3v) is 8.97. The van der Waals surface area contributed by atoms with Crippen LogP contribution in [0.1, 0.15) is 81.8 Å². The number of nitrogens with zero attached hydrogens (tertiary/aromatic N) is 3. The molecular weight excluding hydrogens is 551 g/mol. The average Bonchev–Trinajstić information content (AvgIpc) is 3.49. The van der Waals surface area contributed by atoms with Crippen molar-refractivity contribution in [1.82, 2.24) is 14.4 Å². The van der Waals surface area contributed by atoms with Gasteiger partial charge in [0.05, 0.1) is 16.7 Å². The highest BCUT2D eigenvalue weighted by Crippen LogP contribution is 2.35. The second-order valence-electron chi connectivity index (χ2n) is 11.8. The van der Waals surface area contributed by atoms with Crippen LogP contribution in [0.5, 0.6) is 0 Å². The van der Waals surface area contributed by atoms with Gasteiger partial charge in [0.2, 0.25) is 0 Å². The molecule has 0 unspecified atom stereocenters. The van der Waals surface area contributed by atoms with Gasteiger partial charge in [-0.15, -0.1) is 0 Å². The number of likely N-dealkylation sites (tertiary alicyclic amines) is 1. The minimum absolute atomic E-state index is 0.175. The quantitative estimate of drug-likeness (QED) is 0.141. The number of hydrogen-bond donors (Lipinski definition) is 0. The molecule has 224 valence electrons. The first-order valence-electron chi connectivity index (χ1n) is 15.2. The van der Waals surface area contributed by atoms with Crippen molar-refractivity contribution < 1.29 is 22.8 Å². The second kappa shape index (κ2) is 12.4. The number of piperidine rings is 1. The molecule has 1 fully saturated rings. The SMILES string of the molecule is O=C1c2ccccc2C(=O)N1CCCCCCN1CCC(c2cn(Cc3ccc(C(F)(F)F)cc3)c3ccccc23)CC1. The molecular formula is C35H36F3N3O2. The molecule has 1 aromatic heterocycles. The van der Waals surface area contributed by atoms with Crippen LogP contribution in [0.4, 0.5) is 13.2 Å². The summed E-state index contributed by atoms with van der Waals surface area (Å²) in [6.45, 7) is 4.14. The fourth-order valence-corrected chi connectivity index (χ4v) is 6.60. The first-order chi connectivity index (χ1) is 20.8. The van der Waals surface area contributed by atoms with Crippen molar-refractivity contribution in [2.24, 2.45) is 0 Å². The molecule has 0 radical (unpaired) electrons.